The summed E-state index contributed by atoms with van der Waals surface area (Å²) in [7, 11) is 0. The maximum atomic E-state index is 13.0. The van der Waals surface area contributed by atoms with Gasteiger partial charge in [-0.15, -0.1) is 11.8 Å². The summed E-state index contributed by atoms with van der Waals surface area (Å²) in [4.78, 5) is 27.1. The molecule has 2 amide bonds. The number of halogens is 2. The molecule has 1 atom stereocenters. The van der Waals surface area contributed by atoms with E-state index in [0.717, 1.165) is 23.3 Å². The molecular formula is C22H26Cl2N2O2S. The Bertz CT molecular complexity index is 818. The average molecular weight is 453 g/mol. The Morgan fingerprint density at radius 2 is 1.86 bits per heavy atom. The molecule has 156 valence electrons. The van der Waals surface area contributed by atoms with Crippen molar-refractivity contribution < 1.29 is 9.59 Å². The molecule has 0 bridgehead atoms. The first-order valence-corrected chi connectivity index (χ1v) is 11.5. The van der Waals surface area contributed by atoms with Gasteiger partial charge >= 0.3 is 0 Å². The molecule has 0 spiro atoms. The SMILES string of the molecule is CCCNC(=O)[C@H](C)N(Cc1ccc(Cl)cc1Cl)C(=O)CSCc1ccccc1. The first-order valence-electron chi connectivity index (χ1n) is 9.55. The summed E-state index contributed by atoms with van der Waals surface area (Å²) in [5.74, 6) is 0.749. The molecule has 0 heterocycles. The fourth-order valence-electron chi connectivity index (χ4n) is 2.73. The summed E-state index contributed by atoms with van der Waals surface area (Å²) >= 11 is 13.8. The van der Waals surface area contributed by atoms with E-state index in [4.69, 9.17) is 23.2 Å². The zero-order valence-corrected chi connectivity index (χ0v) is 19.0. The van der Waals surface area contributed by atoms with Crippen LogP contribution in [0.1, 0.15) is 31.4 Å². The van der Waals surface area contributed by atoms with Crippen molar-refractivity contribution in [1.29, 1.82) is 0 Å². The Morgan fingerprint density at radius 3 is 2.52 bits per heavy atom. The molecule has 0 aromatic heterocycles. The van der Waals surface area contributed by atoms with E-state index in [1.54, 1.807) is 30.0 Å². The van der Waals surface area contributed by atoms with Crippen molar-refractivity contribution in [1.82, 2.24) is 10.2 Å². The van der Waals surface area contributed by atoms with Crippen molar-refractivity contribution in [2.45, 2.75) is 38.6 Å². The maximum Gasteiger partial charge on any atom is 0.242 e. The van der Waals surface area contributed by atoms with Crippen molar-refractivity contribution >= 4 is 46.8 Å². The Balaban J connectivity index is 2.09. The minimum absolute atomic E-state index is 0.101. The summed E-state index contributed by atoms with van der Waals surface area (Å²) < 4.78 is 0. The molecule has 0 saturated carbocycles. The van der Waals surface area contributed by atoms with Gasteiger partial charge in [-0.3, -0.25) is 9.59 Å². The zero-order valence-electron chi connectivity index (χ0n) is 16.7. The summed E-state index contributed by atoms with van der Waals surface area (Å²) in [5.41, 5.74) is 1.92. The van der Waals surface area contributed by atoms with Gasteiger partial charge in [0.05, 0.1) is 5.75 Å². The predicted octanol–water partition coefficient (Wildman–Crippen LogP) is 5.17. The van der Waals surface area contributed by atoms with Gasteiger partial charge in [0, 0.05) is 28.9 Å². The van der Waals surface area contributed by atoms with Crippen LogP contribution in [-0.2, 0) is 21.9 Å². The van der Waals surface area contributed by atoms with E-state index in [2.05, 4.69) is 5.32 Å². The van der Waals surface area contributed by atoms with Gasteiger partial charge in [-0.25, -0.2) is 0 Å². The molecule has 0 fully saturated rings. The van der Waals surface area contributed by atoms with Crippen molar-refractivity contribution in [2.75, 3.05) is 12.3 Å². The number of rotatable bonds is 10. The standard InChI is InChI=1S/C22H26Cl2N2O2S/c1-3-11-25-22(28)16(2)26(13-18-9-10-19(23)12-20(18)24)21(27)15-29-14-17-7-5-4-6-8-17/h4-10,12,16H,3,11,13-15H2,1-2H3,(H,25,28)/t16-/m0/s1. The van der Waals surface area contributed by atoms with Gasteiger partial charge in [0.2, 0.25) is 11.8 Å². The molecule has 0 aliphatic heterocycles. The highest BCUT2D eigenvalue weighted by Gasteiger charge is 2.26. The largest absolute Gasteiger partial charge is 0.354 e. The summed E-state index contributed by atoms with van der Waals surface area (Å²) in [6.07, 6.45) is 0.836. The second-order valence-corrected chi connectivity index (χ2v) is 8.53. The second kappa shape index (κ2) is 12.1. The van der Waals surface area contributed by atoms with Crippen molar-refractivity contribution in [3.63, 3.8) is 0 Å². The molecule has 0 unspecified atom stereocenters. The number of amides is 2. The number of thioether (sulfide) groups is 1. The minimum Gasteiger partial charge on any atom is -0.354 e. The Labute approximate surface area is 187 Å². The molecule has 1 N–H and O–H groups in total. The molecule has 7 heteroatoms. The lowest BCUT2D eigenvalue weighted by molar-refractivity contribution is -0.138. The quantitative estimate of drug-likeness (QED) is 0.540. The van der Waals surface area contributed by atoms with Crippen molar-refractivity contribution in [3.8, 4) is 0 Å². The van der Waals surface area contributed by atoms with E-state index in [9.17, 15) is 9.59 Å². The molecule has 0 aliphatic carbocycles. The molecule has 4 nitrogen and oxygen atoms in total. The minimum atomic E-state index is -0.599. The predicted molar refractivity (Wildman–Crippen MR) is 122 cm³/mol. The van der Waals surface area contributed by atoms with E-state index in [0.29, 0.717) is 16.6 Å². The van der Waals surface area contributed by atoms with Gasteiger partial charge in [0.25, 0.3) is 0 Å². The number of nitrogens with one attached hydrogen (secondary N) is 1. The van der Waals surface area contributed by atoms with E-state index >= 15 is 0 Å². The van der Waals surface area contributed by atoms with Crippen LogP contribution in [0.15, 0.2) is 48.5 Å². The van der Waals surface area contributed by atoms with Gasteiger partial charge in [0.1, 0.15) is 6.04 Å². The van der Waals surface area contributed by atoms with Crippen molar-refractivity contribution in [2.24, 2.45) is 0 Å². The Kier molecular flexibility index (Phi) is 9.85. The molecule has 0 radical (unpaired) electrons. The first-order chi connectivity index (χ1) is 13.9. The zero-order chi connectivity index (χ0) is 21.2. The van der Waals surface area contributed by atoms with Crippen LogP contribution in [-0.4, -0.2) is 35.1 Å². The van der Waals surface area contributed by atoms with Gasteiger partial charge in [0.15, 0.2) is 0 Å². The molecule has 2 aromatic carbocycles. The topological polar surface area (TPSA) is 49.4 Å². The number of benzene rings is 2. The highest BCUT2D eigenvalue weighted by molar-refractivity contribution is 7.99. The third-order valence-corrected chi connectivity index (χ3v) is 5.98. The summed E-state index contributed by atoms with van der Waals surface area (Å²) in [6, 6.07) is 14.6. The molecule has 2 aromatic rings. The van der Waals surface area contributed by atoms with Crippen LogP contribution in [0.3, 0.4) is 0 Å². The smallest absolute Gasteiger partial charge is 0.242 e. The van der Waals surface area contributed by atoms with Crippen LogP contribution in [0.5, 0.6) is 0 Å². The molecule has 0 saturated heterocycles. The Morgan fingerprint density at radius 1 is 1.14 bits per heavy atom. The van der Waals surface area contributed by atoms with Gasteiger partial charge in [-0.2, -0.15) is 0 Å². The lowest BCUT2D eigenvalue weighted by Gasteiger charge is -2.29. The van der Waals surface area contributed by atoms with Crippen LogP contribution >= 0.6 is 35.0 Å². The Hall–Kier alpha value is -1.69. The van der Waals surface area contributed by atoms with Crippen LogP contribution in [0.25, 0.3) is 0 Å². The number of carbonyl (C=O) groups excluding carboxylic acids is 2. The van der Waals surface area contributed by atoms with Gasteiger partial charge < -0.3 is 10.2 Å². The van der Waals surface area contributed by atoms with Gasteiger partial charge in [-0.05, 0) is 36.6 Å². The van der Waals surface area contributed by atoms with Crippen LogP contribution in [0, 0.1) is 0 Å². The molecule has 2 rings (SSSR count). The van der Waals surface area contributed by atoms with E-state index in [1.807, 2.05) is 37.3 Å². The summed E-state index contributed by atoms with van der Waals surface area (Å²) in [5, 5.41) is 3.88. The van der Waals surface area contributed by atoms with Crippen LogP contribution < -0.4 is 5.32 Å². The fraction of sp³-hybridized carbons (Fsp3) is 0.364. The highest BCUT2D eigenvalue weighted by Crippen LogP contribution is 2.24. The average Bonchev–Trinajstić information content (AvgIpc) is 2.71. The second-order valence-electron chi connectivity index (χ2n) is 6.70. The van der Waals surface area contributed by atoms with E-state index in [1.165, 1.54) is 11.8 Å². The number of carbonyl (C=O) groups is 2. The number of hydrogen-bond acceptors (Lipinski definition) is 3. The molecule has 0 aliphatic rings. The van der Waals surface area contributed by atoms with Crippen LogP contribution in [0.4, 0.5) is 0 Å². The molecular weight excluding hydrogens is 427 g/mol. The van der Waals surface area contributed by atoms with Crippen molar-refractivity contribution in [3.05, 3.63) is 69.7 Å². The first kappa shape index (κ1) is 23.6. The fourth-order valence-corrected chi connectivity index (χ4v) is 4.06. The van der Waals surface area contributed by atoms with Crippen LogP contribution in [0.2, 0.25) is 10.0 Å². The number of hydrogen-bond donors (Lipinski definition) is 1. The monoisotopic (exact) mass is 452 g/mol. The third-order valence-electron chi connectivity index (χ3n) is 4.41. The maximum absolute atomic E-state index is 13.0. The normalized spacial score (nSPS) is 11.7. The van der Waals surface area contributed by atoms with E-state index in [-0.39, 0.29) is 24.1 Å². The van der Waals surface area contributed by atoms with E-state index < -0.39 is 6.04 Å². The van der Waals surface area contributed by atoms with Gasteiger partial charge in [-0.1, -0.05) is 66.5 Å². The lowest BCUT2D eigenvalue weighted by Crippen LogP contribution is -2.48. The summed E-state index contributed by atoms with van der Waals surface area (Å²) in [6.45, 7) is 4.56. The lowest BCUT2D eigenvalue weighted by atomic mass is 10.1. The molecule has 29 heavy (non-hydrogen) atoms. The number of nitrogens with zero attached hydrogens (tertiary/aromatic N) is 1. The highest BCUT2D eigenvalue weighted by atomic mass is 35.5. The third kappa shape index (κ3) is 7.57.